The minimum Gasteiger partial charge on any atom is -0.356 e. The van der Waals surface area contributed by atoms with Gasteiger partial charge in [0.1, 0.15) is 0 Å². The lowest BCUT2D eigenvalue weighted by Crippen LogP contribution is -2.39. The van der Waals surface area contributed by atoms with E-state index in [-0.39, 0.29) is 24.0 Å². The van der Waals surface area contributed by atoms with Gasteiger partial charge in [0.15, 0.2) is 5.96 Å². The van der Waals surface area contributed by atoms with Crippen molar-refractivity contribution < 1.29 is 0 Å². The minimum absolute atomic E-state index is 0. The van der Waals surface area contributed by atoms with Crippen LogP contribution < -0.4 is 10.6 Å². The van der Waals surface area contributed by atoms with E-state index < -0.39 is 0 Å². The maximum atomic E-state index is 6.06. The van der Waals surface area contributed by atoms with E-state index in [1.54, 1.807) is 18.4 Å². The van der Waals surface area contributed by atoms with Gasteiger partial charge in [-0.1, -0.05) is 23.7 Å². The predicted octanol–water partition coefficient (Wildman–Crippen LogP) is 3.99. The van der Waals surface area contributed by atoms with Crippen LogP contribution in [-0.2, 0) is 6.42 Å². The molecule has 2 unspecified atom stereocenters. The number of aryl methyl sites for hydroxylation is 1. The minimum atomic E-state index is 0. The number of halogens is 2. The number of aliphatic imine (C=N–C) groups is 1. The van der Waals surface area contributed by atoms with Crippen molar-refractivity contribution in [2.24, 2.45) is 4.99 Å². The summed E-state index contributed by atoms with van der Waals surface area (Å²) in [6.07, 6.45) is 2.03. The summed E-state index contributed by atoms with van der Waals surface area (Å²) in [5.41, 5.74) is 2.43. The number of guanidine groups is 1. The molecule has 1 heterocycles. The molecule has 3 rings (SSSR count). The summed E-state index contributed by atoms with van der Waals surface area (Å²) < 4.78 is 0. The molecule has 2 aromatic rings. The standard InChI is InChI=1S/C17H21ClN4S.HI/c1-11-21-14(10-23-11)6-7-20-17(19-2)22-16-9-15(16)12-4-3-5-13(18)8-12;/h3-5,8,10,15-16H,6-7,9H2,1-2H3,(H2,19,20,22);1H. The Hall–Kier alpha value is -0.860. The Morgan fingerprint density at radius 3 is 2.96 bits per heavy atom. The van der Waals surface area contributed by atoms with Crippen LogP contribution in [0.2, 0.25) is 5.02 Å². The Labute approximate surface area is 169 Å². The molecule has 0 amide bonds. The predicted molar refractivity (Wildman–Crippen MR) is 113 cm³/mol. The number of thiazole rings is 1. The molecular weight excluding hydrogens is 455 g/mol. The number of hydrogen-bond donors (Lipinski definition) is 2. The first-order valence-corrected chi connectivity index (χ1v) is 9.05. The molecule has 7 heteroatoms. The molecule has 1 fully saturated rings. The van der Waals surface area contributed by atoms with Crippen LogP contribution in [0.25, 0.3) is 0 Å². The molecule has 0 saturated heterocycles. The zero-order chi connectivity index (χ0) is 16.2. The molecule has 1 aromatic carbocycles. The zero-order valence-corrected chi connectivity index (χ0v) is 17.7. The van der Waals surface area contributed by atoms with Crippen molar-refractivity contribution in [3.63, 3.8) is 0 Å². The van der Waals surface area contributed by atoms with E-state index in [4.69, 9.17) is 11.6 Å². The molecule has 0 bridgehead atoms. The lowest BCUT2D eigenvalue weighted by Gasteiger charge is -2.11. The van der Waals surface area contributed by atoms with Crippen LogP contribution >= 0.6 is 46.9 Å². The molecular formula is C17H22ClIN4S. The van der Waals surface area contributed by atoms with E-state index in [0.29, 0.717) is 12.0 Å². The van der Waals surface area contributed by atoms with Crippen molar-refractivity contribution in [2.75, 3.05) is 13.6 Å². The van der Waals surface area contributed by atoms with Crippen molar-refractivity contribution in [2.45, 2.75) is 31.7 Å². The molecule has 0 spiro atoms. The summed E-state index contributed by atoms with van der Waals surface area (Å²) in [5, 5.41) is 10.9. The van der Waals surface area contributed by atoms with E-state index in [1.165, 1.54) is 5.56 Å². The fourth-order valence-electron chi connectivity index (χ4n) is 2.66. The van der Waals surface area contributed by atoms with Gasteiger partial charge in [0.2, 0.25) is 0 Å². The van der Waals surface area contributed by atoms with Crippen molar-refractivity contribution in [3.05, 3.63) is 50.9 Å². The smallest absolute Gasteiger partial charge is 0.191 e. The normalized spacial score (nSPS) is 19.5. The topological polar surface area (TPSA) is 49.3 Å². The molecule has 0 aliphatic heterocycles. The fourth-order valence-corrected chi connectivity index (χ4v) is 3.51. The highest BCUT2D eigenvalue weighted by Crippen LogP contribution is 2.41. The first kappa shape index (κ1) is 19.5. The van der Waals surface area contributed by atoms with Gasteiger partial charge >= 0.3 is 0 Å². The third kappa shape index (κ3) is 5.32. The molecule has 1 aliphatic rings. The monoisotopic (exact) mass is 476 g/mol. The summed E-state index contributed by atoms with van der Waals surface area (Å²) in [7, 11) is 1.80. The van der Waals surface area contributed by atoms with Crippen molar-refractivity contribution >= 4 is 52.9 Å². The van der Waals surface area contributed by atoms with E-state index in [0.717, 1.165) is 41.1 Å². The maximum absolute atomic E-state index is 6.06. The molecule has 1 saturated carbocycles. The first-order valence-electron chi connectivity index (χ1n) is 7.79. The molecule has 0 radical (unpaired) electrons. The van der Waals surface area contributed by atoms with Gasteiger partial charge < -0.3 is 10.6 Å². The van der Waals surface area contributed by atoms with Crippen LogP contribution in [0.3, 0.4) is 0 Å². The van der Waals surface area contributed by atoms with Gasteiger partial charge in [-0.05, 0) is 31.0 Å². The van der Waals surface area contributed by atoms with E-state index >= 15 is 0 Å². The number of benzene rings is 1. The Kier molecular flexibility index (Phi) is 7.31. The highest BCUT2D eigenvalue weighted by Gasteiger charge is 2.39. The van der Waals surface area contributed by atoms with Gasteiger partial charge in [-0.15, -0.1) is 35.3 Å². The molecule has 1 aliphatic carbocycles. The lowest BCUT2D eigenvalue weighted by atomic mass is 10.1. The summed E-state index contributed by atoms with van der Waals surface area (Å²) in [6.45, 7) is 2.86. The highest BCUT2D eigenvalue weighted by molar-refractivity contribution is 14.0. The molecule has 2 N–H and O–H groups in total. The third-order valence-corrected chi connectivity index (χ3v) is 5.01. The number of rotatable bonds is 5. The van der Waals surface area contributed by atoms with E-state index in [9.17, 15) is 0 Å². The second kappa shape index (κ2) is 9.01. The van der Waals surface area contributed by atoms with Crippen LogP contribution in [0, 0.1) is 6.92 Å². The second-order valence-electron chi connectivity index (χ2n) is 5.75. The van der Waals surface area contributed by atoms with E-state index in [2.05, 4.69) is 38.1 Å². The third-order valence-electron chi connectivity index (χ3n) is 3.95. The summed E-state index contributed by atoms with van der Waals surface area (Å²) in [5.74, 6) is 1.37. The molecule has 2 atom stereocenters. The Morgan fingerprint density at radius 2 is 2.29 bits per heavy atom. The van der Waals surface area contributed by atoms with Crippen LogP contribution in [0.4, 0.5) is 0 Å². The molecule has 1 aromatic heterocycles. The highest BCUT2D eigenvalue weighted by atomic mass is 127. The van der Waals surface area contributed by atoms with Gasteiger partial charge in [0.05, 0.1) is 10.7 Å². The van der Waals surface area contributed by atoms with Crippen molar-refractivity contribution in [1.29, 1.82) is 0 Å². The molecule has 130 valence electrons. The largest absolute Gasteiger partial charge is 0.356 e. The average molecular weight is 477 g/mol. The van der Waals surface area contributed by atoms with E-state index in [1.807, 2.05) is 19.1 Å². The first-order chi connectivity index (χ1) is 11.2. The average Bonchev–Trinajstić information content (AvgIpc) is 3.19. The van der Waals surface area contributed by atoms with Gasteiger partial charge in [0.25, 0.3) is 0 Å². The Balaban J connectivity index is 0.00000208. The Bertz CT molecular complexity index is 703. The van der Waals surface area contributed by atoms with Gasteiger partial charge in [0, 0.05) is 42.4 Å². The van der Waals surface area contributed by atoms with Crippen molar-refractivity contribution in [3.8, 4) is 0 Å². The fraction of sp³-hybridized carbons (Fsp3) is 0.412. The number of aromatic nitrogens is 1. The lowest BCUT2D eigenvalue weighted by molar-refractivity contribution is 0.773. The van der Waals surface area contributed by atoms with Crippen LogP contribution in [0.1, 0.15) is 28.6 Å². The maximum Gasteiger partial charge on any atom is 0.191 e. The second-order valence-corrected chi connectivity index (χ2v) is 7.25. The van der Waals surface area contributed by atoms with Crippen LogP contribution in [-0.4, -0.2) is 30.6 Å². The number of nitrogens with zero attached hydrogens (tertiary/aromatic N) is 2. The summed E-state index contributed by atoms with van der Waals surface area (Å²) in [4.78, 5) is 8.77. The molecule has 4 nitrogen and oxygen atoms in total. The van der Waals surface area contributed by atoms with Gasteiger partial charge in [-0.25, -0.2) is 4.98 Å². The summed E-state index contributed by atoms with van der Waals surface area (Å²) >= 11 is 7.76. The SMILES string of the molecule is CN=C(NCCc1csc(C)n1)NC1CC1c1cccc(Cl)c1.I. The Morgan fingerprint density at radius 1 is 1.46 bits per heavy atom. The number of nitrogens with one attached hydrogen (secondary N) is 2. The summed E-state index contributed by atoms with van der Waals surface area (Å²) in [6, 6.07) is 8.54. The van der Waals surface area contributed by atoms with Crippen LogP contribution in [0.5, 0.6) is 0 Å². The molecule has 24 heavy (non-hydrogen) atoms. The van der Waals surface area contributed by atoms with Gasteiger partial charge in [-0.3, -0.25) is 4.99 Å². The van der Waals surface area contributed by atoms with Crippen molar-refractivity contribution in [1.82, 2.24) is 15.6 Å². The van der Waals surface area contributed by atoms with Crippen LogP contribution in [0.15, 0.2) is 34.6 Å². The number of hydrogen-bond acceptors (Lipinski definition) is 3. The zero-order valence-electron chi connectivity index (χ0n) is 13.8. The van der Waals surface area contributed by atoms with Gasteiger partial charge in [-0.2, -0.15) is 0 Å². The quantitative estimate of drug-likeness (QED) is 0.390.